The predicted octanol–water partition coefficient (Wildman–Crippen LogP) is 2.53. The average Bonchev–Trinajstić information content (AvgIpc) is 2.48. The van der Waals surface area contributed by atoms with Crippen LogP contribution in [0, 0.1) is 5.82 Å². The monoisotopic (exact) mass is 273 g/mol. The van der Waals surface area contributed by atoms with E-state index in [1.54, 1.807) is 14.1 Å². The maximum atomic E-state index is 14.0. The molecule has 1 heterocycles. The third kappa shape index (κ3) is 2.93. The van der Waals surface area contributed by atoms with Crippen molar-refractivity contribution in [2.24, 2.45) is 0 Å². The first-order valence-electron chi connectivity index (χ1n) is 6.25. The van der Waals surface area contributed by atoms with Crippen LogP contribution in [0.15, 0.2) is 42.6 Å². The Hall–Kier alpha value is -2.43. The van der Waals surface area contributed by atoms with Crippen LogP contribution in [0.2, 0.25) is 0 Å². The van der Waals surface area contributed by atoms with Gasteiger partial charge in [0.05, 0.1) is 5.56 Å². The minimum Gasteiger partial charge on any atom is -0.371 e. The molecule has 0 radical (unpaired) electrons. The second kappa shape index (κ2) is 6.14. The van der Waals surface area contributed by atoms with Gasteiger partial charge in [-0.1, -0.05) is 30.3 Å². The van der Waals surface area contributed by atoms with E-state index in [1.807, 2.05) is 30.3 Å². The highest BCUT2D eigenvalue weighted by Gasteiger charge is 2.19. The lowest BCUT2D eigenvalue weighted by Crippen LogP contribution is -2.27. The Balaban J connectivity index is 2.19. The van der Waals surface area contributed by atoms with Crippen molar-refractivity contribution in [1.29, 1.82) is 0 Å². The fourth-order valence-electron chi connectivity index (χ4n) is 1.92. The third-order valence-electron chi connectivity index (χ3n) is 2.97. The lowest BCUT2D eigenvalue weighted by Gasteiger charge is -2.18. The Labute approximate surface area is 117 Å². The van der Waals surface area contributed by atoms with Crippen LogP contribution < -0.4 is 5.32 Å². The molecular formula is C15H16FN3O. The molecule has 2 aromatic rings. The molecule has 0 spiro atoms. The quantitative estimate of drug-likeness (QED) is 0.931. The van der Waals surface area contributed by atoms with Gasteiger partial charge in [-0.05, 0) is 11.6 Å². The molecular weight excluding hydrogens is 257 g/mol. The van der Waals surface area contributed by atoms with Gasteiger partial charge >= 0.3 is 0 Å². The Morgan fingerprint density at radius 2 is 2.00 bits per heavy atom. The van der Waals surface area contributed by atoms with Crippen molar-refractivity contribution in [1.82, 2.24) is 9.88 Å². The molecule has 0 bridgehead atoms. The molecule has 0 aliphatic heterocycles. The van der Waals surface area contributed by atoms with Crippen molar-refractivity contribution in [2.45, 2.75) is 6.54 Å². The van der Waals surface area contributed by atoms with E-state index >= 15 is 0 Å². The predicted molar refractivity (Wildman–Crippen MR) is 76.0 cm³/mol. The molecule has 20 heavy (non-hydrogen) atoms. The Morgan fingerprint density at radius 1 is 1.30 bits per heavy atom. The number of carbonyl (C=O) groups is 1. The lowest BCUT2D eigenvalue weighted by molar-refractivity contribution is 0.0780. The SMILES string of the molecule is CNc1nccc(C(=O)N(C)Cc2ccccc2)c1F. The first kappa shape index (κ1) is 14.0. The molecule has 5 heteroatoms. The van der Waals surface area contributed by atoms with E-state index in [1.165, 1.54) is 17.2 Å². The molecule has 0 saturated carbocycles. The van der Waals surface area contributed by atoms with Gasteiger partial charge in [0, 0.05) is 26.8 Å². The van der Waals surface area contributed by atoms with Gasteiger partial charge in [-0.3, -0.25) is 4.79 Å². The highest BCUT2D eigenvalue weighted by Crippen LogP contribution is 2.16. The molecule has 4 nitrogen and oxygen atoms in total. The van der Waals surface area contributed by atoms with Crippen molar-refractivity contribution in [2.75, 3.05) is 19.4 Å². The standard InChI is InChI=1S/C15H16FN3O/c1-17-14-13(16)12(8-9-18-14)15(20)19(2)10-11-6-4-3-5-7-11/h3-9H,10H2,1-2H3,(H,17,18). The number of rotatable bonds is 4. The van der Waals surface area contributed by atoms with Crippen LogP contribution in [0.4, 0.5) is 10.2 Å². The van der Waals surface area contributed by atoms with Gasteiger partial charge in [0.15, 0.2) is 11.6 Å². The summed E-state index contributed by atoms with van der Waals surface area (Å²) in [5, 5.41) is 2.62. The van der Waals surface area contributed by atoms with Crippen molar-refractivity contribution in [3.63, 3.8) is 0 Å². The van der Waals surface area contributed by atoms with Gasteiger partial charge in [0.1, 0.15) is 0 Å². The molecule has 0 atom stereocenters. The topological polar surface area (TPSA) is 45.2 Å². The van der Waals surface area contributed by atoms with Crippen molar-refractivity contribution >= 4 is 11.7 Å². The molecule has 1 aromatic heterocycles. The minimum absolute atomic E-state index is 0.0165. The molecule has 0 aliphatic rings. The van der Waals surface area contributed by atoms with Gasteiger partial charge in [-0.15, -0.1) is 0 Å². The molecule has 104 valence electrons. The molecule has 0 unspecified atom stereocenters. The largest absolute Gasteiger partial charge is 0.371 e. The first-order chi connectivity index (χ1) is 9.63. The number of hydrogen-bond donors (Lipinski definition) is 1. The van der Waals surface area contributed by atoms with Gasteiger partial charge in [0.2, 0.25) is 0 Å². The number of carbonyl (C=O) groups excluding carboxylic acids is 1. The number of halogens is 1. The number of pyridine rings is 1. The fourth-order valence-corrected chi connectivity index (χ4v) is 1.92. The third-order valence-corrected chi connectivity index (χ3v) is 2.97. The molecule has 1 amide bonds. The van der Waals surface area contributed by atoms with Crippen molar-refractivity contribution in [3.05, 3.63) is 59.5 Å². The summed E-state index contributed by atoms with van der Waals surface area (Å²) in [6.45, 7) is 0.427. The van der Waals surface area contributed by atoms with Crippen molar-refractivity contribution in [3.8, 4) is 0 Å². The number of nitrogens with zero attached hydrogens (tertiary/aromatic N) is 2. The van der Waals surface area contributed by atoms with E-state index < -0.39 is 5.82 Å². The molecule has 0 saturated heterocycles. The molecule has 0 fully saturated rings. The van der Waals surface area contributed by atoms with Crippen molar-refractivity contribution < 1.29 is 9.18 Å². The van der Waals surface area contributed by atoms with Gasteiger partial charge < -0.3 is 10.2 Å². The summed E-state index contributed by atoms with van der Waals surface area (Å²) in [6.07, 6.45) is 1.42. The van der Waals surface area contributed by atoms with Gasteiger partial charge in [-0.25, -0.2) is 9.37 Å². The second-order valence-electron chi connectivity index (χ2n) is 4.42. The summed E-state index contributed by atoms with van der Waals surface area (Å²) < 4.78 is 14.0. The number of amides is 1. The van der Waals surface area contributed by atoms with E-state index in [4.69, 9.17) is 0 Å². The Morgan fingerprint density at radius 3 is 2.65 bits per heavy atom. The number of hydrogen-bond acceptors (Lipinski definition) is 3. The zero-order valence-electron chi connectivity index (χ0n) is 11.4. The smallest absolute Gasteiger partial charge is 0.257 e. The minimum atomic E-state index is -0.625. The van der Waals surface area contributed by atoms with E-state index in [-0.39, 0.29) is 17.3 Å². The van der Waals surface area contributed by atoms with Crippen LogP contribution in [0.3, 0.4) is 0 Å². The normalized spacial score (nSPS) is 10.2. The fraction of sp³-hybridized carbons (Fsp3) is 0.200. The number of nitrogens with one attached hydrogen (secondary N) is 1. The average molecular weight is 273 g/mol. The molecule has 1 aromatic carbocycles. The zero-order chi connectivity index (χ0) is 14.5. The van der Waals surface area contributed by atoms with Gasteiger partial charge in [0.25, 0.3) is 5.91 Å². The van der Waals surface area contributed by atoms with Crippen LogP contribution in [0.25, 0.3) is 0 Å². The number of aromatic nitrogens is 1. The van der Waals surface area contributed by atoms with Crippen LogP contribution in [-0.2, 0) is 6.54 Å². The highest BCUT2D eigenvalue weighted by molar-refractivity contribution is 5.95. The summed E-state index contributed by atoms with van der Waals surface area (Å²) in [5.41, 5.74) is 1.01. The van der Waals surface area contributed by atoms with Crippen LogP contribution in [-0.4, -0.2) is 29.9 Å². The van der Waals surface area contributed by atoms with Crippen LogP contribution >= 0.6 is 0 Å². The summed E-state index contributed by atoms with van der Waals surface area (Å²) >= 11 is 0. The Kier molecular flexibility index (Phi) is 4.30. The summed E-state index contributed by atoms with van der Waals surface area (Å²) in [7, 11) is 3.21. The van der Waals surface area contributed by atoms with Crippen LogP contribution in [0.5, 0.6) is 0 Å². The molecule has 1 N–H and O–H groups in total. The van der Waals surface area contributed by atoms with E-state index in [0.29, 0.717) is 6.54 Å². The number of anilines is 1. The van der Waals surface area contributed by atoms with E-state index in [2.05, 4.69) is 10.3 Å². The summed E-state index contributed by atoms with van der Waals surface area (Å²) in [5.74, 6) is -0.922. The van der Waals surface area contributed by atoms with Gasteiger partial charge in [-0.2, -0.15) is 0 Å². The molecule has 0 aliphatic carbocycles. The number of benzene rings is 1. The summed E-state index contributed by atoms with van der Waals surface area (Å²) in [6, 6.07) is 10.9. The van der Waals surface area contributed by atoms with E-state index in [9.17, 15) is 9.18 Å². The Bertz CT molecular complexity index is 601. The highest BCUT2D eigenvalue weighted by atomic mass is 19.1. The van der Waals surface area contributed by atoms with E-state index in [0.717, 1.165) is 5.56 Å². The maximum absolute atomic E-state index is 14.0. The second-order valence-corrected chi connectivity index (χ2v) is 4.42. The first-order valence-corrected chi connectivity index (χ1v) is 6.25. The zero-order valence-corrected chi connectivity index (χ0v) is 11.4. The van der Waals surface area contributed by atoms with Crippen LogP contribution in [0.1, 0.15) is 15.9 Å². The molecule has 2 rings (SSSR count). The lowest BCUT2D eigenvalue weighted by atomic mass is 10.2. The summed E-state index contributed by atoms with van der Waals surface area (Å²) in [4.78, 5) is 17.6. The maximum Gasteiger partial charge on any atom is 0.257 e.